The van der Waals surface area contributed by atoms with Crippen LogP contribution in [0.5, 0.6) is 0 Å². The molecule has 0 aromatic carbocycles. The smallest absolute Gasteiger partial charge is 0.254 e. The summed E-state index contributed by atoms with van der Waals surface area (Å²) in [6, 6.07) is 5.12. The molecule has 0 radical (unpaired) electrons. The van der Waals surface area contributed by atoms with Crippen molar-refractivity contribution in [1.82, 2.24) is 14.5 Å². The predicted octanol–water partition coefficient (Wildman–Crippen LogP) is 0.886. The molecule has 2 N–H and O–H groups in total. The van der Waals surface area contributed by atoms with Gasteiger partial charge in [0, 0.05) is 18.0 Å². The third-order valence-corrected chi connectivity index (χ3v) is 2.51. The zero-order valence-corrected chi connectivity index (χ0v) is 9.84. The van der Waals surface area contributed by atoms with Crippen molar-refractivity contribution < 1.29 is 0 Å². The molecule has 0 bridgehead atoms. The van der Waals surface area contributed by atoms with E-state index in [4.69, 9.17) is 5.73 Å². The van der Waals surface area contributed by atoms with E-state index >= 15 is 0 Å². The summed E-state index contributed by atoms with van der Waals surface area (Å²) in [7, 11) is 0. The van der Waals surface area contributed by atoms with E-state index in [1.165, 1.54) is 6.07 Å². The van der Waals surface area contributed by atoms with Crippen molar-refractivity contribution in [2.45, 2.75) is 20.4 Å². The molecule has 0 atom stereocenters. The lowest BCUT2D eigenvalue weighted by Gasteiger charge is -2.09. The predicted molar refractivity (Wildman–Crippen MR) is 65.7 cm³/mol. The van der Waals surface area contributed by atoms with Crippen LogP contribution in [0.25, 0.3) is 0 Å². The van der Waals surface area contributed by atoms with Crippen LogP contribution in [-0.4, -0.2) is 14.5 Å². The van der Waals surface area contributed by atoms with Crippen LogP contribution >= 0.6 is 0 Å². The Labute approximate surface area is 99.0 Å². The Hall–Kier alpha value is -2.17. The number of nitrogen functional groups attached to an aromatic ring is 1. The molecule has 5 nitrogen and oxygen atoms in total. The van der Waals surface area contributed by atoms with Crippen molar-refractivity contribution in [3.8, 4) is 0 Å². The highest BCUT2D eigenvalue weighted by molar-refractivity contribution is 5.32. The van der Waals surface area contributed by atoms with Crippen molar-refractivity contribution in [3.05, 3.63) is 51.8 Å². The minimum Gasteiger partial charge on any atom is -0.384 e. The molecular formula is C12H14N4O. The third kappa shape index (κ3) is 2.50. The summed E-state index contributed by atoms with van der Waals surface area (Å²) >= 11 is 0. The fraction of sp³-hybridized carbons (Fsp3) is 0.250. The number of hydrogen-bond donors (Lipinski definition) is 1. The molecule has 0 fully saturated rings. The van der Waals surface area contributed by atoms with Crippen LogP contribution < -0.4 is 11.3 Å². The zero-order chi connectivity index (χ0) is 12.4. The van der Waals surface area contributed by atoms with Gasteiger partial charge in [-0.3, -0.25) is 9.36 Å². The van der Waals surface area contributed by atoms with Crippen LogP contribution in [0.2, 0.25) is 0 Å². The summed E-state index contributed by atoms with van der Waals surface area (Å²) in [6.45, 7) is 4.09. The standard InChI is InChI=1S/C12H14N4O/c1-8-5-12(17)16(9(2)15-8)7-10-3-4-14-11(13)6-10/h3-6H,7H2,1-2H3,(H2,13,14). The maximum atomic E-state index is 11.8. The lowest BCUT2D eigenvalue weighted by molar-refractivity contribution is 0.694. The van der Waals surface area contributed by atoms with Gasteiger partial charge in [0.15, 0.2) is 0 Å². The fourth-order valence-corrected chi connectivity index (χ4v) is 1.73. The fourth-order valence-electron chi connectivity index (χ4n) is 1.73. The Bertz CT molecular complexity index is 604. The lowest BCUT2D eigenvalue weighted by Crippen LogP contribution is -2.24. The van der Waals surface area contributed by atoms with Gasteiger partial charge < -0.3 is 5.73 Å². The minimum atomic E-state index is -0.0506. The van der Waals surface area contributed by atoms with Crippen molar-refractivity contribution in [2.24, 2.45) is 0 Å². The summed E-state index contributed by atoms with van der Waals surface area (Å²) in [5.41, 5.74) is 7.22. The first kappa shape index (κ1) is 11.3. The number of nitrogens with two attached hydrogens (primary N) is 1. The number of aromatic nitrogens is 3. The highest BCUT2D eigenvalue weighted by Gasteiger charge is 2.04. The Morgan fingerprint density at radius 1 is 1.35 bits per heavy atom. The molecule has 0 spiro atoms. The summed E-state index contributed by atoms with van der Waals surface area (Å²) in [4.78, 5) is 20.0. The molecule has 88 valence electrons. The molecule has 2 heterocycles. The maximum absolute atomic E-state index is 11.8. The molecule has 2 aromatic rings. The topological polar surface area (TPSA) is 73.8 Å². The molecule has 17 heavy (non-hydrogen) atoms. The van der Waals surface area contributed by atoms with Gasteiger partial charge in [-0.05, 0) is 31.5 Å². The van der Waals surface area contributed by atoms with Crippen molar-refractivity contribution in [1.29, 1.82) is 0 Å². The van der Waals surface area contributed by atoms with E-state index < -0.39 is 0 Å². The van der Waals surface area contributed by atoms with Crippen molar-refractivity contribution in [3.63, 3.8) is 0 Å². The number of nitrogens with zero attached hydrogens (tertiary/aromatic N) is 3. The van der Waals surface area contributed by atoms with E-state index in [1.807, 2.05) is 19.9 Å². The van der Waals surface area contributed by atoms with Gasteiger partial charge in [-0.15, -0.1) is 0 Å². The third-order valence-electron chi connectivity index (χ3n) is 2.51. The maximum Gasteiger partial charge on any atom is 0.254 e. The molecule has 0 aliphatic carbocycles. The van der Waals surface area contributed by atoms with E-state index in [2.05, 4.69) is 9.97 Å². The van der Waals surface area contributed by atoms with Crippen LogP contribution in [0.1, 0.15) is 17.1 Å². The van der Waals surface area contributed by atoms with Crippen LogP contribution in [-0.2, 0) is 6.54 Å². The second kappa shape index (κ2) is 4.37. The summed E-state index contributed by atoms with van der Waals surface area (Å²) in [5.74, 6) is 1.15. The second-order valence-electron chi connectivity index (χ2n) is 3.96. The van der Waals surface area contributed by atoms with Crippen LogP contribution in [0.4, 0.5) is 5.82 Å². The molecule has 0 amide bonds. The molecular weight excluding hydrogens is 216 g/mol. The zero-order valence-electron chi connectivity index (χ0n) is 9.84. The van der Waals surface area contributed by atoms with Crippen LogP contribution in [0, 0.1) is 13.8 Å². The molecule has 0 aliphatic heterocycles. The van der Waals surface area contributed by atoms with Gasteiger partial charge >= 0.3 is 0 Å². The molecule has 0 aliphatic rings. The summed E-state index contributed by atoms with van der Waals surface area (Å²) in [5, 5.41) is 0. The number of pyridine rings is 1. The van der Waals surface area contributed by atoms with E-state index in [0.29, 0.717) is 18.2 Å². The van der Waals surface area contributed by atoms with Gasteiger partial charge in [-0.1, -0.05) is 0 Å². The molecule has 5 heteroatoms. The second-order valence-corrected chi connectivity index (χ2v) is 3.96. The first-order valence-electron chi connectivity index (χ1n) is 5.32. The van der Waals surface area contributed by atoms with Gasteiger partial charge in [0.25, 0.3) is 5.56 Å². The average Bonchev–Trinajstić information content (AvgIpc) is 2.23. The Kier molecular flexibility index (Phi) is 2.91. The average molecular weight is 230 g/mol. The quantitative estimate of drug-likeness (QED) is 0.831. The molecule has 2 aromatic heterocycles. The molecule has 0 unspecified atom stereocenters. The molecule has 0 saturated heterocycles. The Balaban J connectivity index is 2.40. The van der Waals surface area contributed by atoms with E-state index in [9.17, 15) is 4.79 Å². The Morgan fingerprint density at radius 3 is 2.76 bits per heavy atom. The van der Waals surface area contributed by atoms with Gasteiger partial charge in [0.1, 0.15) is 11.6 Å². The molecule has 0 saturated carbocycles. The highest BCUT2D eigenvalue weighted by Crippen LogP contribution is 2.05. The SMILES string of the molecule is Cc1cc(=O)n(Cc2ccnc(N)c2)c(C)n1. The highest BCUT2D eigenvalue weighted by atomic mass is 16.1. The van der Waals surface area contributed by atoms with E-state index in [-0.39, 0.29) is 5.56 Å². The van der Waals surface area contributed by atoms with Crippen molar-refractivity contribution >= 4 is 5.82 Å². The van der Waals surface area contributed by atoms with Gasteiger partial charge in [0.05, 0.1) is 6.54 Å². The number of aryl methyl sites for hydroxylation is 2. The molecule has 2 rings (SSSR count). The monoisotopic (exact) mass is 230 g/mol. The van der Waals surface area contributed by atoms with Gasteiger partial charge in [-0.25, -0.2) is 9.97 Å². The number of anilines is 1. The van der Waals surface area contributed by atoms with Crippen molar-refractivity contribution in [2.75, 3.05) is 5.73 Å². The minimum absolute atomic E-state index is 0.0506. The van der Waals surface area contributed by atoms with Crippen LogP contribution in [0.15, 0.2) is 29.2 Å². The number of hydrogen-bond acceptors (Lipinski definition) is 4. The van der Waals surface area contributed by atoms with Gasteiger partial charge in [0.2, 0.25) is 0 Å². The van der Waals surface area contributed by atoms with Gasteiger partial charge in [-0.2, -0.15) is 0 Å². The largest absolute Gasteiger partial charge is 0.384 e. The number of rotatable bonds is 2. The van der Waals surface area contributed by atoms with Crippen LogP contribution in [0.3, 0.4) is 0 Å². The lowest BCUT2D eigenvalue weighted by atomic mass is 10.2. The van der Waals surface area contributed by atoms with E-state index in [0.717, 1.165) is 11.3 Å². The summed E-state index contributed by atoms with van der Waals surface area (Å²) in [6.07, 6.45) is 1.63. The van der Waals surface area contributed by atoms with E-state index in [1.54, 1.807) is 16.8 Å². The Morgan fingerprint density at radius 2 is 2.12 bits per heavy atom. The first-order chi connectivity index (χ1) is 8.06. The summed E-state index contributed by atoms with van der Waals surface area (Å²) < 4.78 is 1.61. The normalized spacial score (nSPS) is 10.5. The first-order valence-corrected chi connectivity index (χ1v) is 5.32.